The van der Waals surface area contributed by atoms with E-state index in [-0.39, 0.29) is 40.5 Å². The Kier molecular flexibility index (Phi) is 7.32. The summed E-state index contributed by atoms with van der Waals surface area (Å²) in [7, 11) is -3.75. The smallest absolute Gasteiger partial charge is 0.281 e. The largest absolute Gasteiger partial charge is 0.394 e. The highest BCUT2D eigenvalue weighted by Crippen LogP contribution is 2.37. The van der Waals surface area contributed by atoms with Crippen molar-refractivity contribution in [2.45, 2.75) is 32.1 Å². The third-order valence-electron chi connectivity index (χ3n) is 7.52. The Labute approximate surface area is 219 Å². The summed E-state index contributed by atoms with van der Waals surface area (Å²) in [6.45, 7) is 1.39. The van der Waals surface area contributed by atoms with E-state index in [2.05, 4.69) is 10.4 Å². The third kappa shape index (κ3) is 5.78. The van der Waals surface area contributed by atoms with Gasteiger partial charge < -0.3 is 5.73 Å². The number of aliphatic imine (C=N–C) groups is 1. The van der Waals surface area contributed by atoms with Crippen LogP contribution in [0.5, 0.6) is 0 Å². The molecule has 1 amide bonds. The minimum atomic E-state index is -3.75. The second-order valence-corrected chi connectivity index (χ2v) is 12.4. The van der Waals surface area contributed by atoms with Crippen LogP contribution in [0.2, 0.25) is 0 Å². The lowest BCUT2D eigenvalue weighted by Crippen LogP contribution is -2.44. The number of hydrogen-bond acceptors (Lipinski definition) is 6. The van der Waals surface area contributed by atoms with Crippen LogP contribution in [0.4, 0.5) is 18.9 Å². The van der Waals surface area contributed by atoms with Gasteiger partial charge >= 0.3 is 0 Å². The number of amides is 1. The van der Waals surface area contributed by atoms with Crippen molar-refractivity contribution in [3.8, 4) is 0 Å². The van der Waals surface area contributed by atoms with Crippen LogP contribution >= 0.6 is 0 Å². The van der Waals surface area contributed by atoms with Crippen molar-refractivity contribution in [3.05, 3.63) is 76.3 Å². The quantitative estimate of drug-likeness (QED) is 0.557. The van der Waals surface area contributed by atoms with Gasteiger partial charge in [0.1, 0.15) is 17.3 Å². The Hall–Kier alpha value is -3.18. The van der Waals surface area contributed by atoms with Crippen LogP contribution in [0.25, 0.3) is 0 Å². The predicted octanol–water partition coefficient (Wildman–Crippen LogP) is 3.94. The van der Waals surface area contributed by atoms with Gasteiger partial charge in [0.2, 0.25) is 0 Å². The number of carbonyl (C=O) groups excluding carboxylic acids is 1. The maximum absolute atomic E-state index is 14.6. The monoisotopic (exact) mass is 546 g/mol. The van der Waals surface area contributed by atoms with E-state index in [9.17, 15) is 26.4 Å². The topological polar surface area (TPSA) is 105 Å². The van der Waals surface area contributed by atoms with Gasteiger partial charge in [-0.25, -0.2) is 31.6 Å². The molecule has 2 saturated heterocycles. The number of allylic oxidation sites excluding steroid dienone is 5. The van der Waals surface area contributed by atoms with Crippen LogP contribution in [0, 0.1) is 23.5 Å². The molecule has 1 saturated carbocycles. The molecular formula is C27H29F3N4O3S. The van der Waals surface area contributed by atoms with Gasteiger partial charge in [-0.15, -0.1) is 0 Å². The average molecular weight is 547 g/mol. The van der Waals surface area contributed by atoms with Crippen LogP contribution in [0.1, 0.15) is 32.1 Å². The molecule has 2 aliphatic heterocycles. The second-order valence-electron chi connectivity index (χ2n) is 10.3. The molecule has 0 spiro atoms. The van der Waals surface area contributed by atoms with E-state index in [1.807, 2.05) is 5.01 Å². The standard InChI is InChI=1S/C27H29F3N4O3S/c28-20-6-4-16(5-7-20)10-19-14-38(36,37)15-22(26(19)32-24-9-8-21(29)11-23(24)30)25(31)27(35)33-34-12-17-2-1-3-18(17)13-34/h4,6,8-11,17-18H,1-3,5,7,12-15,31H2,(H,33,35). The number of nitrogens with one attached hydrogen (secondary N) is 1. The third-order valence-corrected chi connectivity index (χ3v) is 9.00. The lowest BCUT2D eigenvalue weighted by atomic mass is 9.96. The van der Waals surface area contributed by atoms with E-state index in [4.69, 9.17) is 5.73 Å². The van der Waals surface area contributed by atoms with E-state index in [0.717, 1.165) is 25.0 Å². The molecule has 1 aromatic carbocycles. The number of hydrogen-bond donors (Lipinski definition) is 2. The van der Waals surface area contributed by atoms with Crippen molar-refractivity contribution in [2.24, 2.45) is 22.6 Å². The number of nitrogens with two attached hydrogens (primary N) is 1. The number of hydrazine groups is 1. The number of fused-ring (bicyclic) bond motifs is 1. The van der Waals surface area contributed by atoms with Crippen LogP contribution in [-0.2, 0) is 14.6 Å². The summed E-state index contributed by atoms with van der Waals surface area (Å²) in [5.41, 5.74) is 9.33. The average Bonchev–Trinajstić information content (AvgIpc) is 3.44. The van der Waals surface area contributed by atoms with Crippen molar-refractivity contribution < 1.29 is 26.4 Å². The molecular weight excluding hydrogens is 517 g/mol. The Morgan fingerprint density at radius 3 is 2.47 bits per heavy atom. The molecule has 38 heavy (non-hydrogen) atoms. The maximum atomic E-state index is 14.6. The van der Waals surface area contributed by atoms with Crippen LogP contribution in [0.3, 0.4) is 0 Å². The number of halogens is 3. The molecule has 0 radical (unpaired) electrons. The molecule has 7 nitrogen and oxygen atoms in total. The first kappa shape index (κ1) is 26.4. The molecule has 2 unspecified atom stereocenters. The van der Waals surface area contributed by atoms with Crippen molar-refractivity contribution >= 4 is 27.1 Å². The van der Waals surface area contributed by atoms with Crippen molar-refractivity contribution in [2.75, 3.05) is 24.6 Å². The molecule has 5 rings (SSSR count). The van der Waals surface area contributed by atoms with Gasteiger partial charge in [0, 0.05) is 31.1 Å². The fourth-order valence-electron chi connectivity index (χ4n) is 5.62. The van der Waals surface area contributed by atoms with Crippen LogP contribution in [-0.4, -0.2) is 49.6 Å². The van der Waals surface area contributed by atoms with Gasteiger partial charge in [0.05, 0.1) is 22.9 Å². The number of benzene rings is 1. The Bertz CT molecular complexity index is 1420. The Morgan fingerprint density at radius 1 is 1.08 bits per heavy atom. The van der Waals surface area contributed by atoms with E-state index in [0.29, 0.717) is 43.0 Å². The summed E-state index contributed by atoms with van der Waals surface area (Å²) in [5, 5.41) is 1.81. The molecule has 2 atom stereocenters. The molecule has 1 aromatic rings. The predicted molar refractivity (Wildman–Crippen MR) is 138 cm³/mol. The summed E-state index contributed by atoms with van der Waals surface area (Å²) < 4.78 is 67.5. The molecule has 3 N–H and O–H groups in total. The van der Waals surface area contributed by atoms with Gasteiger partial charge in [-0.1, -0.05) is 18.6 Å². The molecule has 2 aliphatic carbocycles. The van der Waals surface area contributed by atoms with E-state index in [1.54, 1.807) is 6.08 Å². The lowest BCUT2D eigenvalue weighted by Gasteiger charge is -2.25. The summed E-state index contributed by atoms with van der Waals surface area (Å²) in [5.74, 6) is -2.66. The first-order valence-electron chi connectivity index (χ1n) is 12.6. The highest BCUT2D eigenvalue weighted by Gasteiger charge is 2.38. The number of carbonyl (C=O) groups is 1. The van der Waals surface area contributed by atoms with Gasteiger partial charge in [0.25, 0.3) is 5.91 Å². The van der Waals surface area contributed by atoms with Gasteiger partial charge in [-0.05, 0) is 60.5 Å². The molecule has 0 bridgehead atoms. The van der Waals surface area contributed by atoms with Crippen molar-refractivity contribution in [3.63, 3.8) is 0 Å². The SMILES string of the molecule is NC(C(=O)NN1CC2CCCC2C1)=C1CS(=O)(=O)CC(=CC2=CC=C(F)CC2)C1=Nc1ccc(F)cc1F. The molecule has 4 aliphatic rings. The molecule has 0 aromatic heterocycles. The minimum absolute atomic E-state index is 0.0344. The summed E-state index contributed by atoms with van der Waals surface area (Å²) in [4.78, 5) is 17.5. The van der Waals surface area contributed by atoms with E-state index >= 15 is 0 Å². The molecule has 202 valence electrons. The summed E-state index contributed by atoms with van der Waals surface area (Å²) in [6, 6.07) is 2.84. The van der Waals surface area contributed by atoms with Crippen molar-refractivity contribution in [1.82, 2.24) is 10.4 Å². The van der Waals surface area contributed by atoms with Gasteiger partial charge in [0.15, 0.2) is 15.7 Å². The minimum Gasteiger partial charge on any atom is -0.394 e. The van der Waals surface area contributed by atoms with Gasteiger partial charge in [-0.2, -0.15) is 0 Å². The summed E-state index contributed by atoms with van der Waals surface area (Å²) >= 11 is 0. The second kappa shape index (κ2) is 10.5. The molecule has 11 heteroatoms. The normalized spacial score (nSPS) is 28.7. The molecule has 3 fully saturated rings. The Balaban J connectivity index is 1.55. The lowest BCUT2D eigenvalue weighted by molar-refractivity contribution is -0.121. The van der Waals surface area contributed by atoms with Crippen molar-refractivity contribution in [1.29, 1.82) is 0 Å². The zero-order valence-electron chi connectivity index (χ0n) is 20.7. The number of rotatable bonds is 4. The first-order valence-corrected chi connectivity index (χ1v) is 14.5. The molecule has 2 heterocycles. The highest BCUT2D eigenvalue weighted by molar-refractivity contribution is 7.92. The zero-order valence-corrected chi connectivity index (χ0v) is 21.5. The van der Waals surface area contributed by atoms with E-state index in [1.165, 1.54) is 18.6 Å². The maximum Gasteiger partial charge on any atom is 0.281 e. The highest BCUT2D eigenvalue weighted by atomic mass is 32.2. The van der Waals surface area contributed by atoms with E-state index < -0.39 is 38.9 Å². The van der Waals surface area contributed by atoms with Crippen LogP contribution < -0.4 is 11.2 Å². The summed E-state index contributed by atoms with van der Waals surface area (Å²) in [6.07, 6.45) is 8.27. The Morgan fingerprint density at radius 2 is 1.82 bits per heavy atom. The zero-order chi connectivity index (χ0) is 27.0. The number of sulfone groups is 1. The fraction of sp³-hybridized carbons (Fsp3) is 0.407. The fourth-order valence-corrected chi connectivity index (χ4v) is 7.15. The first-order chi connectivity index (χ1) is 18.1. The number of nitrogens with zero attached hydrogens (tertiary/aromatic N) is 2. The van der Waals surface area contributed by atoms with Gasteiger partial charge in [-0.3, -0.25) is 10.2 Å². The van der Waals surface area contributed by atoms with Crippen LogP contribution in [0.15, 0.2) is 69.7 Å².